The molecule has 0 atom stereocenters. The molecule has 0 amide bonds. The predicted molar refractivity (Wildman–Crippen MR) is 67.3 cm³/mol. The molecule has 0 aliphatic heterocycles. The molecule has 0 radical (unpaired) electrons. The number of ether oxygens (including phenoxy) is 1. The SMILES string of the molecule is CCNCc1cc(Br)cc(OC(C)C)c1. The van der Waals surface area contributed by atoms with Crippen molar-refractivity contribution in [1.82, 2.24) is 5.32 Å². The molecule has 2 nitrogen and oxygen atoms in total. The fourth-order valence-corrected chi connectivity index (χ4v) is 1.85. The number of hydrogen-bond donors (Lipinski definition) is 1. The van der Waals surface area contributed by atoms with Crippen LogP contribution in [-0.4, -0.2) is 12.6 Å². The lowest BCUT2D eigenvalue weighted by Gasteiger charge is -2.12. The van der Waals surface area contributed by atoms with Gasteiger partial charge in [-0.3, -0.25) is 0 Å². The van der Waals surface area contributed by atoms with E-state index in [-0.39, 0.29) is 6.10 Å². The molecule has 0 saturated heterocycles. The summed E-state index contributed by atoms with van der Waals surface area (Å²) < 4.78 is 6.72. The van der Waals surface area contributed by atoms with Gasteiger partial charge < -0.3 is 10.1 Å². The van der Waals surface area contributed by atoms with E-state index in [4.69, 9.17) is 4.74 Å². The maximum atomic E-state index is 5.66. The smallest absolute Gasteiger partial charge is 0.121 e. The van der Waals surface area contributed by atoms with E-state index in [1.807, 2.05) is 19.9 Å². The Morgan fingerprint density at radius 1 is 1.33 bits per heavy atom. The van der Waals surface area contributed by atoms with Crippen molar-refractivity contribution in [2.24, 2.45) is 0 Å². The largest absolute Gasteiger partial charge is 0.491 e. The molecule has 1 aromatic rings. The van der Waals surface area contributed by atoms with Crippen LogP contribution < -0.4 is 10.1 Å². The summed E-state index contributed by atoms with van der Waals surface area (Å²) in [4.78, 5) is 0. The first kappa shape index (κ1) is 12.5. The van der Waals surface area contributed by atoms with Crippen LogP contribution in [-0.2, 0) is 6.54 Å². The Balaban J connectivity index is 2.75. The van der Waals surface area contributed by atoms with Crippen LogP contribution in [0.25, 0.3) is 0 Å². The Kier molecular flexibility index (Phi) is 5.12. The summed E-state index contributed by atoms with van der Waals surface area (Å²) in [5.41, 5.74) is 1.24. The van der Waals surface area contributed by atoms with Crippen molar-refractivity contribution in [2.45, 2.75) is 33.4 Å². The lowest BCUT2D eigenvalue weighted by atomic mass is 10.2. The third-order valence-electron chi connectivity index (χ3n) is 1.88. The second-order valence-corrected chi connectivity index (χ2v) is 4.66. The highest BCUT2D eigenvalue weighted by Gasteiger charge is 2.02. The third kappa shape index (κ3) is 4.67. The second kappa shape index (κ2) is 6.13. The summed E-state index contributed by atoms with van der Waals surface area (Å²) in [5, 5.41) is 3.30. The van der Waals surface area contributed by atoms with Gasteiger partial charge in [0.2, 0.25) is 0 Å². The van der Waals surface area contributed by atoms with Crippen LogP contribution in [0.4, 0.5) is 0 Å². The summed E-state index contributed by atoms with van der Waals surface area (Å²) in [6.45, 7) is 8.02. The first-order valence-electron chi connectivity index (χ1n) is 5.28. The van der Waals surface area contributed by atoms with Crippen LogP contribution in [0.5, 0.6) is 5.75 Å². The molecule has 1 aromatic carbocycles. The van der Waals surface area contributed by atoms with E-state index >= 15 is 0 Å². The molecule has 0 unspecified atom stereocenters. The van der Waals surface area contributed by atoms with E-state index in [9.17, 15) is 0 Å². The lowest BCUT2D eigenvalue weighted by molar-refractivity contribution is 0.242. The highest BCUT2D eigenvalue weighted by molar-refractivity contribution is 9.10. The summed E-state index contributed by atoms with van der Waals surface area (Å²) >= 11 is 3.49. The number of nitrogens with one attached hydrogen (secondary N) is 1. The van der Waals surface area contributed by atoms with Gasteiger partial charge in [-0.25, -0.2) is 0 Å². The van der Waals surface area contributed by atoms with Gasteiger partial charge in [0.15, 0.2) is 0 Å². The number of benzene rings is 1. The van der Waals surface area contributed by atoms with Crippen molar-refractivity contribution in [2.75, 3.05) is 6.54 Å². The van der Waals surface area contributed by atoms with Crippen molar-refractivity contribution in [1.29, 1.82) is 0 Å². The van der Waals surface area contributed by atoms with Gasteiger partial charge in [-0.15, -0.1) is 0 Å². The number of halogens is 1. The maximum Gasteiger partial charge on any atom is 0.121 e. The molecular weight excluding hydrogens is 254 g/mol. The zero-order valence-electron chi connectivity index (χ0n) is 9.51. The summed E-state index contributed by atoms with van der Waals surface area (Å²) in [6.07, 6.45) is 0.214. The fourth-order valence-electron chi connectivity index (χ4n) is 1.33. The van der Waals surface area contributed by atoms with Crippen LogP contribution in [0.3, 0.4) is 0 Å². The van der Waals surface area contributed by atoms with Gasteiger partial charge >= 0.3 is 0 Å². The molecule has 0 bridgehead atoms. The van der Waals surface area contributed by atoms with Crippen molar-refractivity contribution in [3.8, 4) is 5.75 Å². The highest BCUT2D eigenvalue weighted by Crippen LogP contribution is 2.22. The Morgan fingerprint density at radius 2 is 2.07 bits per heavy atom. The normalized spacial score (nSPS) is 10.7. The van der Waals surface area contributed by atoms with Gasteiger partial charge in [-0.05, 0) is 44.2 Å². The van der Waals surface area contributed by atoms with Gasteiger partial charge in [0.05, 0.1) is 6.10 Å². The van der Waals surface area contributed by atoms with Gasteiger partial charge in [0.1, 0.15) is 5.75 Å². The average molecular weight is 272 g/mol. The van der Waals surface area contributed by atoms with E-state index in [0.29, 0.717) is 0 Å². The zero-order chi connectivity index (χ0) is 11.3. The minimum absolute atomic E-state index is 0.214. The minimum Gasteiger partial charge on any atom is -0.491 e. The van der Waals surface area contributed by atoms with E-state index < -0.39 is 0 Å². The molecule has 84 valence electrons. The van der Waals surface area contributed by atoms with E-state index in [0.717, 1.165) is 23.3 Å². The second-order valence-electron chi connectivity index (χ2n) is 3.74. The maximum absolute atomic E-state index is 5.66. The third-order valence-corrected chi connectivity index (χ3v) is 2.34. The van der Waals surface area contributed by atoms with E-state index in [2.05, 4.69) is 40.3 Å². The number of hydrogen-bond acceptors (Lipinski definition) is 2. The van der Waals surface area contributed by atoms with Crippen molar-refractivity contribution in [3.63, 3.8) is 0 Å². The Hall–Kier alpha value is -0.540. The molecule has 0 aromatic heterocycles. The fraction of sp³-hybridized carbons (Fsp3) is 0.500. The average Bonchev–Trinajstić information content (AvgIpc) is 2.12. The topological polar surface area (TPSA) is 21.3 Å². The van der Waals surface area contributed by atoms with Crippen LogP contribution in [0.1, 0.15) is 26.3 Å². The minimum atomic E-state index is 0.214. The molecule has 0 spiro atoms. The molecule has 0 fully saturated rings. The van der Waals surface area contributed by atoms with Crippen molar-refractivity contribution >= 4 is 15.9 Å². The van der Waals surface area contributed by atoms with Gasteiger partial charge in [0.25, 0.3) is 0 Å². The van der Waals surface area contributed by atoms with Gasteiger partial charge in [-0.2, -0.15) is 0 Å². The molecule has 1 rings (SSSR count). The highest BCUT2D eigenvalue weighted by atomic mass is 79.9. The Bertz CT molecular complexity index is 312. The van der Waals surface area contributed by atoms with Crippen LogP contribution >= 0.6 is 15.9 Å². The molecule has 0 aliphatic rings. The quantitative estimate of drug-likeness (QED) is 0.887. The molecule has 1 N–H and O–H groups in total. The van der Waals surface area contributed by atoms with Gasteiger partial charge in [-0.1, -0.05) is 22.9 Å². The van der Waals surface area contributed by atoms with Gasteiger partial charge in [0, 0.05) is 11.0 Å². The van der Waals surface area contributed by atoms with Crippen molar-refractivity contribution in [3.05, 3.63) is 28.2 Å². The molecule has 15 heavy (non-hydrogen) atoms. The standard InChI is InChI=1S/C12H18BrNO/c1-4-14-8-10-5-11(13)7-12(6-10)15-9(2)3/h5-7,9,14H,4,8H2,1-3H3. The lowest BCUT2D eigenvalue weighted by Crippen LogP contribution is -2.12. The van der Waals surface area contributed by atoms with Crippen molar-refractivity contribution < 1.29 is 4.74 Å². The Morgan fingerprint density at radius 3 is 2.67 bits per heavy atom. The van der Waals surface area contributed by atoms with Crippen LogP contribution in [0, 0.1) is 0 Å². The Labute approximate surface area is 100 Å². The molecule has 0 saturated carbocycles. The van der Waals surface area contributed by atoms with Crippen LogP contribution in [0.15, 0.2) is 22.7 Å². The summed E-state index contributed by atoms with van der Waals surface area (Å²) in [6, 6.07) is 6.18. The predicted octanol–water partition coefficient (Wildman–Crippen LogP) is 3.35. The van der Waals surface area contributed by atoms with Crippen LogP contribution in [0.2, 0.25) is 0 Å². The molecule has 0 heterocycles. The molecular formula is C12H18BrNO. The van der Waals surface area contributed by atoms with E-state index in [1.54, 1.807) is 0 Å². The molecule has 3 heteroatoms. The van der Waals surface area contributed by atoms with E-state index in [1.165, 1.54) is 5.56 Å². The molecule has 0 aliphatic carbocycles. The number of rotatable bonds is 5. The summed E-state index contributed by atoms with van der Waals surface area (Å²) in [5.74, 6) is 0.923. The zero-order valence-corrected chi connectivity index (χ0v) is 11.1. The first-order chi connectivity index (χ1) is 7.11. The first-order valence-corrected chi connectivity index (χ1v) is 6.08. The monoisotopic (exact) mass is 271 g/mol. The summed E-state index contributed by atoms with van der Waals surface area (Å²) in [7, 11) is 0.